The molecule has 0 radical (unpaired) electrons. The van der Waals surface area contributed by atoms with Gasteiger partial charge in [0.25, 0.3) is 0 Å². The molecule has 1 aliphatic carbocycles. The van der Waals surface area contributed by atoms with Crippen molar-refractivity contribution in [1.82, 2.24) is 5.32 Å². The molecule has 0 aromatic heterocycles. The number of halogens is 1. The predicted molar refractivity (Wildman–Crippen MR) is 73.9 cm³/mol. The Morgan fingerprint density at radius 1 is 1.42 bits per heavy atom. The summed E-state index contributed by atoms with van der Waals surface area (Å²) in [6, 6.07) is 6.45. The number of hydrogen-bond donors (Lipinski definition) is 1. The number of nitrogens with zero attached hydrogens (tertiary/aromatic N) is 1. The Morgan fingerprint density at radius 3 is 3.00 bits per heavy atom. The van der Waals surface area contributed by atoms with Gasteiger partial charge in [0.2, 0.25) is 0 Å². The summed E-state index contributed by atoms with van der Waals surface area (Å²) in [4.78, 5) is 0. The van der Waals surface area contributed by atoms with E-state index in [9.17, 15) is 4.39 Å². The number of nitriles is 1. The maximum absolute atomic E-state index is 13.2. The second kappa shape index (κ2) is 6.68. The van der Waals surface area contributed by atoms with Crippen LogP contribution in [0.3, 0.4) is 0 Å². The molecule has 2 nitrogen and oxygen atoms in total. The van der Waals surface area contributed by atoms with Gasteiger partial charge in [0.1, 0.15) is 5.82 Å². The van der Waals surface area contributed by atoms with Crippen LogP contribution in [0.2, 0.25) is 0 Å². The van der Waals surface area contributed by atoms with Crippen molar-refractivity contribution in [2.24, 2.45) is 11.8 Å². The Kier molecular flexibility index (Phi) is 4.93. The van der Waals surface area contributed by atoms with Gasteiger partial charge in [0.05, 0.1) is 11.6 Å². The van der Waals surface area contributed by atoms with Gasteiger partial charge in [-0.1, -0.05) is 19.8 Å². The summed E-state index contributed by atoms with van der Waals surface area (Å²) in [6.07, 6.45) is 5.22. The van der Waals surface area contributed by atoms with E-state index in [1.54, 1.807) is 6.07 Å². The van der Waals surface area contributed by atoms with Crippen molar-refractivity contribution in [2.45, 2.75) is 39.2 Å². The SMILES string of the molecule is CC1CCCC(CNCc2cc(F)ccc2C#N)C1. The first-order valence-corrected chi connectivity index (χ1v) is 7.08. The third-order valence-electron chi connectivity index (χ3n) is 3.98. The van der Waals surface area contributed by atoms with Gasteiger partial charge in [0, 0.05) is 6.54 Å². The Hall–Kier alpha value is -1.40. The topological polar surface area (TPSA) is 35.8 Å². The Balaban J connectivity index is 1.85. The number of rotatable bonds is 4. The second-order valence-corrected chi connectivity index (χ2v) is 5.68. The van der Waals surface area contributed by atoms with E-state index in [1.807, 2.05) is 0 Å². The van der Waals surface area contributed by atoms with Crippen LogP contribution in [-0.4, -0.2) is 6.54 Å². The lowest BCUT2D eigenvalue weighted by atomic mass is 9.82. The Morgan fingerprint density at radius 2 is 2.26 bits per heavy atom. The van der Waals surface area contributed by atoms with Crippen molar-refractivity contribution in [1.29, 1.82) is 5.26 Å². The highest BCUT2D eigenvalue weighted by molar-refractivity contribution is 5.37. The van der Waals surface area contributed by atoms with Gasteiger partial charge >= 0.3 is 0 Å². The molecule has 2 atom stereocenters. The zero-order valence-electron chi connectivity index (χ0n) is 11.5. The van der Waals surface area contributed by atoms with Crippen LogP contribution in [0.1, 0.15) is 43.7 Å². The van der Waals surface area contributed by atoms with E-state index in [1.165, 1.54) is 37.8 Å². The molecule has 1 aromatic carbocycles. The fraction of sp³-hybridized carbons (Fsp3) is 0.562. The molecular weight excluding hydrogens is 239 g/mol. The fourth-order valence-electron chi connectivity index (χ4n) is 2.97. The van der Waals surface area contributed by atoms with E-state index < -0.39 is 0 Å². The molecular formula is C16H21FN2. The normalized spacial score (nSPS) is 23.0. The summed E-state index contributed by atoms with van der Waals surface area (Å²) >= 11 is 0. The largest absolute Gasteiger partial charge is 0.312 e. The van der Waals surface area contributed by atoms with Crippen molar-refractivity contribution in [2.75, 3.05) is 6.54 Å². The molecule has 2 unspecified atom stereocenters. The van der Waals surface area contributed by atoms with Crippen molar-refractivity contribution in [3.05, 3.63) is 35.1 Å². The minimum Gasteiger partial charge on any atom is -0.312 e. The molecule has 19 heavy (non-hydrogen) atoms. The molecule has 1 fully saturated rings. The van der Waals surface area contributed by atoms with Crippen LogP contribution in [0.4, 0.5) is 4.39 Å². The highest BCUT2D eigenvalue weighted by atomic mass is 19.1. The predicted octanol–water partition coefficient (Wildman–Crippen LogP) is 3.61. The second-order valence-electron chi connectivity index (χ2n) is 5.68. The first kappa shape index (κ1) is 14.0. The van der Waals surface area contributed by atoms with E-state index in [-0.39, 0.29) is 5.82 Å². The lowest BCUT2D eigenvalue weighted by Crippen LogP contribution is -2.26. The molecule has 1 N–H and O–H groups in total. The van der Waals surface area contributed by atoms with E-state index in [4.69, 9.17) is 5.26 Å². The summed E-state index contributed by atoms with van der Waals surface area (Å²) in [5, 5.41) is 12.4. The van der Waals surface area contributed by atoms with E-state index in [0.717, 1.165) is 23.9 Å². The molecule has 0 saturated heterocycles. The van der Waals surface area contributed by atoms with Crippen molar-refractivity contribution in [3.8, 4) is 6.07 Å². The molecule has 3 heteroatoms. The Bertz CT molecular complexity index is 464. The van der Waals surface area contributed by atoms with Gasteiger partial charge in [-0.05, 0) is 55.0 Å². The molecule has 0 aliphatic heterocycles. The van der Waals surface area contributed by atoms with E-state index in [0.29, 0.717) is 12.1 Å². The minimum atomic E-state index is -0.276. The third-order valence-corrected chi connectivity index (χ3v) is 3.98. The molecule has 0 spiro atoms. The van der Waals surface area contributed by atoms with Crippen molar-refractivity contribution >= 4 is 0 Å². The van der Waals surface area contributed by atoms with Crippen LogP contribution >= 0.6 is 0 Å². The van der Waals surface area contributed by atoms with E-state index in [2.05, 4.69) is 18.3 Å². The van der Waals surface area contributed by atoms with Gasteiger partial charge in [0.15, 0.2) is 0 Å². The van der Waals surface area contributed by atoms with Gasteiger partial charge in [-0.25, -0.2) is 4.39 Å². The lowest BCUT2D eigenvalue weighted by Gasteiger charge is -2.26. The van der Waals surface area contributed by atoms with Crippen LogP contribution in [-0.2, 0) is 6.54 Å². The quantitative estimate of drug-likeness (QED) is 0.897. The van der Waals surface area contributed by atoms with Gasteiger partial charge in [-0.3, -0.25) is 0 Å². The number of benzene rings is 1. The monoisotopic (exact) mass is 260 g/mol. The zero-order chi connectivity index (χ0) is 13.7. The summed E-state index contributed by atoms with van der Waals surface area (Å²) in [5.74, 6) is 1.27. The molecule has 102 valence electrons. The third kappa shape index (κ3) is 4.04. The van der Waals surface area contributed by atoms with E-state index >= 15 is 0 Å². The first-order valence-electron chi connectivity index (χ1n) is 7.08. The summed E-state index contributed by atoms with van der Waals surface area (Å²) in [5.41, 5.74) is 1.32. The van der Waals surface area contributed by atoms with Gasteiger partial charge in [-0.15, -0.1) is 0 Å². The molecule has 0 bridgehead atoms. The first-order chi connectivity index (χ1) is 9.19. The van der Waals surface area contributed by atoms with Crippen LogP contribution < -0.4 is 5.32 Å². The fourth-order valence-corrected chi connectivity index (χ4v) is 2.97. The highest BCUT2D eigenvalue weighted by Crippen LogP contribution is 2.28. The molecule has 2 rings (SSSR count). The average molecular weight is 260 g/mol. The number of nitrogens with one attached hydrogen (secondary N) is 1. The van der Waals surface area contributed by atoms with Crippen molar-refractivity contribution in [3.63, 3.8) is 0 Å². The molecule has 1 aliphatic rings. The lowest BCUT2D eigenvalue weighted by molar-refractivity contribution is 0.274. The zero-order valence-corrected chi connectivity index (χ0v) is 11.5. The Labute approximate surface area is 114 Å². The minimum absolute atomic E-state index is 0.276. The molecule has 0 amide bonds. The van der Waals surface area contributed by atoms with Crippen molar-refractivity contribution < 1.29 is 4.39 Å². The summed E-state index contributed by atoms with van der Waals surface area (Å²) in [7, 11) is 0. The van der Waals surface area contributed by atoms with Crippen LogP contribution in [0.25, 0.3) is 0 Å². The summed E-state index contributed by atoms with van der Waals surface area (Å²) in [6.45, 7) is 3.85. The van der Waals surface area contributed by atoms with Crippen LogP contribution in [0, 0.1) is 29.0 Å². The summed E-state index contributed by atoms with van der Waals surface area (Å²) < 4.78 is 13.2. The van der Waals surface area contributed by atoms with Crippen LogP contribution in [0.5, 0.6) is 0 Å². The number of hydrogen-bond acceptors (Lipinski definition) is 2. The molecule has 0 heterocycles. The van der Waals surface area contributed by atoms with Gasteiger partial charge < -0.3 is 5.32 Å². The average Bonchev–Trinajstić information content (AvgIpc) is 2.39. The highest BCUT2D eigenvalue weighted by Gasteiger charge is 2.18. The smallest absolute Gasteiger partial charge is 0.123 e. The standard InChI is InChI=1S/C16H21FN2/c1-12-3-2-4-13(7-12)10-19-11-15-8-16(17)6-5-14(15)9-18/h5-6,8,12-13,19H,2-4,7,10-11H2,1H3. The van der Waals surface area contributed by atoms with Gasteiger partial charge in [-0.2, -0.15) is 5.26 Å². The maximum atomic E-state index is 13.2. The maximum Gasteiger partial charge on any atom is 0.123 e. The molecule has 1 aromatic rings. The van der Waals surface area contributed by atoms with Crippen LogP contribution in [0.15, 0.2) is 18.2 Å². The molecule has 1 saturated carbocycles.